The number of hydrogen-bond acceptors (Lipinski definition) is 8. The standard InChI is InChI=1S/C20H30BCl2N3O6/c1-20(2,3)32-19(28)12-17(24-21-14-27)11-16-10-15(4-5-18(16)26(29)30)13-31-25(8-6-22)9-7-23/h4-5,10,14,17,21,24H,6-9,11-13H2,1-3H3/t17-/m0/s1. The van der Waals surface area contributed by atoms with Crippen molar-refractivity contribution < 1.29 is 24.1 Å². The van der Waals surface area contributed by atoms with Crippen molar-refractivity contribution in [2.24, 2.45) is 0 Å². The Balaban J connectivity index is 3.02. The van der Waals surface area contributed by atoms with Crippen LogP contribution < -0.4 is 5.23 Å². The normalized spacial score (nSPS) is 12.4. The summed E-state index contributed by atoms with van der Waals surface area (Å²) in [6.45, 7) is 6.42. The van der Waals surface area contributed by atoms with Crippen LogP contribution in [-0.2, 0) is 32.2 Å². The first-order valence-corrected chi connectivity index (χ1v) is 11.3. The Labute approximate surface area is 199 Å². The van der Waals surface area contributed by atoms with Gasteiger partial charge >= 0.3 is 5.97 Å². The number of carbonyl (C=O) groups is 2. The summed E-state index contributed by atoms with van der Waals surface area (Å²) in [5.41, 5.74) is 0.401. The van der Waals surface area contributed by atoms with E-state index in [0.29, 0.717) is 42.2 Å². The molecular formula is C20H30BCl2N3O6. The number of ether oxygens (including phenoxy) is 1. The first-order chi connectivity index (χ1) is 15.1. The van der Waals surface area contributed by atoms with Crippen LogP contribution in [0.25, 0.3) is 0 Å². The van der Waals surface area contributed by atoms with Crippen molar-refractivity contribution in [2.75, 3.05) is 24.8 Å². The highest BCUT2D eigenvalue weighted by Gasteiger charge is 2.24. The molecule has 0 saturated carbocycles. The van der Waals surface area contributed by atoms with E-state index in [0.717, 1.165) is 0 Å². The van der Waals surface area contributed by atoms with Gasteiger partial charge in [0.25, 0.3) is 13.1 Å². The summed E-state index contributed by atoms with van der Waals surface area (Å²) in [7, 11) is 0.00980. The molecule has 0 saturated heterocycles. The maximum atomic E-state index is 12.3. The molecule has 9 nitrogen and oxygen atoms in total. The van der Waals surface area contributed by atoms with Gasteiger partial charge in [0.2, 0.25) is 0 Å². The number of esters is 1. The van der Waals surface area contributed by atoms with Crippen LogP contribution in [0.2, 0.25) is 0 Å². The molecule has 0 unspecified atom stereocenters. The van der Waals surface area contributed by atoms with Crippen LogP contribution in [0.4, 0.5) is 5.69 Å². The van der Waals surface area contributed by atoms with Crippen molar-refractivity contribution in [3.8, 4) is 0 Å². The maximum Gasteiger partial charge on any atom is 0.307 e. The van der Waals surface area contributed by atoms with Gasteiger partial charge < -0.3 is 14.8 Å². The minimum Gasteiger partial charge on any atom is -0.460 e. The number of rotatable bonds is 15. The fourth-order valence-corrected chi connectivity index (χ4v) is 3.32. The van der Waals surface area contributed by atoms with Gasteiger partial charge in [0.05, 0.1) is 24.1 Å². The smallest absolute Gasteiger partial charge is 0.307 e. The van der Waals surface area contributed by atoms with Crippen molar-refractivity contribution in [1.29, 1.82) is 0 Å². The van der Waals surface area contributed by atoms with E-state index in [-0.39, 0.29) is 32.6 Å². The number of nitrogens with zero attached hydrogens (tertiary/aromatic N) is 2. The van der Waals surface area contributed by atoms with Crippen molar-refractivity contribution >= 4 is 48.5 Å². The first-order valence-electron chi connectivity index (χ1n) is 10.2. The van der Waals surface area contributed by atoms with Crippen LogP contribution in [0.15, 0.2) is 18.2 Å². The number of benzene rings is 1. The van der Waals surface area contributed by atoms with Crippen molar-refractivity contribution in [2.45, 2.75) is 51.9 Å². The molecule has 0 aliphatic carbocycles. The molecule has 0 bridgehead atoms. The molecule has 0 radical (unpaired) electrons. The lowest BCUT2D eigenvalue weighted by atomic mass is 9.92. The molecular weight excluding hydrogens is 460 g/mol. The molecule has 0 aliphatic rings. The Kier molecular flexibility index (Phi) is 12.8. The zero-order valence-electron chi connectivity index (χ0n) is 18.6. The number of nitro benzene ring substituents is 1. The number of hydroxylamine groups is 2. The Hall–Kier alpha value is -1.72. The number of halogens is 2. The Morgan fingerprint density at radius 3 is 2.50 bits per heavy atom. The summed E-state index contributed by atoms with van der Waals surface area (Å²) in [5, 5.41) is 16.1. The van der Waals surface area contributed by atoms with E-state index in [9.17, 15) is 19.7 Å². The molecule has 1 atom stereocenters. The second-order valence-corrected chi connectivity index (χ2v) is 8.82. The van der Waals surface area contributed by atoms with Crippen LogP contribution in [0.1, 0.15) is 38.3 Å². The fraction of sp³-hybridized carbons (Fsp3) is 0.600. The monoisotopic (exact) mass is 489 g/mol. The lowest BCUT2D eigenvalue weighted by Gasteiger charge is -2.23. The maximum absolute atomic E-state index is 12.3. The molecule has 1 aromatic rings. The van der Waals surface area contributed by atoms with Crippen molar-refractivity contribution in [3.63, 3.8) is 0 Å². The van der Waals surface area contributed by atoms with Gasteiger partial charge in [-0.25, -0.2) is 0 Å². The molecule has 1 aromatic carbocycles. The van der Waals surface area contributed by atoms with E-state index < -0.39 is 22.5 Å². The molecule has 0 fully saturated rings. The Morgan fingerprint density at radius 2 is 1.97 bits per heavy atom. The molecule has 1 rings (SSSR count). The molecule has 0 aromatic heterocycles. The van der Waals surface area contributed by atoms with Crippen LogP contribution in [0.3, 0.4) is 0 Å². The summed E-state index contributed by atoms with van der Waals surface area (Å²) >= 11 is 11.5. The van der Waals surface area contributed by atoms with Gasteiger partial charge in [-0.15, -0.1) is 23.2 Å². The number of alkyl halides is 2. The second-order valence-electron chi connectivity index (χ2n) is 8.07. The Morgan fingerprint density at radius 1 is 1.31 bits per heavy atom. The highest BCUT2D eigenvalue weighted by atomic mass is 35.5. The minimum atomic E-state index is -0.659. The summed E-state index contributed by atoms with van der Waals surface area (Å²) in [6.07, 6.45) is 0.787. The largest absolute Gasteiger partial charge is 0.460 e. The number of carbonyl (C=O) groups excluding carboxylic acids is 2. The summed E-state index contributed by atoms with van der Waals surface area (Å²) < 4.78 is 5.35. The lowest BCUT2D eigenvalue weighted by molar-refractivity contribution is -0.385. The lowest BCUT2D eigenvalue weighted by Crippen LogP contribution is -2.38. The molecule has 0 heterocycles. The van der Waals surface area contributed by atoms with E-state index in [1.165, 1.54) is 6.07 Å². The summed E-state index contributed by atoms with van der Waals surface area (Å²) in [6, 6.07) is 4.17. The predicted octanol–water partition coefficient (Wildman–Crippen LogP) is 2.58. The average Bonchev–Trinajstić information content (AvgIpc) is 2.69. The molecule has 32 heavy (non-hydrogen) atoms. The fourth-order valence-electron chi connectivity index (χ4n) is 2.95. The molecule has 1 N–H and O–H groups in total. The summed E-state index contributed by atoms with van der Waals surface area (Å²) in [4.78, 5) is 39.9. The minimum absolute atomic E-state index is 0.00980. The van der Waals surface area contributed by atoms with Crippen LogP contribution in [0.5, 0.6) is 0 Å². The van der Waals surface area contributed by atoms with E-state index in [1.54, 1.807) is 38.0 Å². The van der Waals surface area contributed by atoms with Gasteiger partial charge in [-0.2, -0.15) is 5.06 Å². The topological polar surface area (TPSA) is 111 Å². The molecule has 0 amide bonds. The van der Waals surface area contributed by atoms with Crippen molar-refractivity contribution in [3.05, 3.63) is 39.4 Å². The number of nitrogens with one attached hydrogen (secondary N) is 1. The third kappa shape index (κ3) is 11.2. The van der Waals surface area contributed by atoms with Gasteiger partial charge in [0.1, 0.15) is 5.60 Å². The number of hydrogen-bond donors (Lipinski definition) is 1. The third-order valence-corrected chi connectivity index (χ3v) is 4.55. The highest BCUT2D eigenvalue weighted by Crippen LogP contribution is 2.23. The first kappa shape index (κ1) is 28.3. The SMILES string of the molecule is CC(C)(C)OC(=O)C[C@H](Cc1cc(CON(CCCl)CCCl)ccc1[N+](=O)[O-])NBC=O. The third-order valence-electron chi connectivity index (χ3n) is 4.21. The summed E-state index contributed by atoms with van der Waals surface area (Å²) in [5.74, 6) is 0.287. The van der Waals surface area contributed by atoms with Crippen LogP contribution >= 0.6 is 23.2 Å². The van der Waals surface area contributed by atoms with Gasteiger partial charge in [-0.3, -0.25) is 19.7 Å². The molecule has 12 heteroatoms. The van der Waals surface area contributed by atoms with E-state index in [2.05, 4.69) is 5.23 Å². The second kappa shape index (κ2) is 14.4. The predicted molar refractivity (Wildman–Crippen MR) is 126 cm³/mol. The molecule has 0 aliphatic heterocycles. The van der Waals surface area contributed by atoms with Gasteiger partial charge in [0.15, 0.2) is 0 Å². The van der Waals surface area contributed by atoms with Gasteiger partial charge in [0, 0.05) is 42.5 Å². The quantitative estimate of drug-likeness (QED) is 0.0998. The van der Waals surface area contributed by atoms with E-state index in [4.69, 9.17) is 32.8 Å². The van der Waals surface area contributed by atoms with Crippen LogP contribution in [-0.4, -0.2) is 66.0 Å². The zero-order chi connectivity index (χ0) is 24.1. The van der Waals surface area contributed by atoms with Crippen molar-refractivity contribution in [1.82, 2.24) is 10.3 Å². The molecule has 0 spiro atoms. The average molecular weight is 490 g/mol. The van der Waals surface area contributed by atoms with Gasteiger partial charge in [-0.05, 0) is 44.9 Å². The number of nitro groups is 1. The van der Waals surface area contributed by atoms with E-state index >= 15 is 0 Å². The Bertz CT molecular complexity index is 757. The van der Waals surface area contributed by atoms with Gasteiger partial charge in [-0.1, -0.05) is 0 Å². The highest BCUT2D eigenvalue weighted by molar-refractivity contribution is 6.64. The zero-order valence-corrected chi connectivity index (χ0v) is 20.2. The van der Waals surface area contributed by atoms with E-state index in [1.807, 2.05) is 0 Å². The molecule has 178 valence electrons. The van der Waals surface area contributed by atoms with Crippen LogP contribution in [0, 0.1) is 10.1 Å².